The average molecular weight is 405 g/mol. The van der Waals surface area contributed by atoms with Gasteiger partial charge < -0.3 is 14.8 Å². The van der Waals surface area contributed by atoms with Gasteiger partial charge in [-0.25, -0.2) is 9.37 Å². The molecule has 1 N–H and O–H groups in total. The first-order chi connectivity index (χ1) is 13.5. The first kappa shape index (κ1) is 20.4. The third-order valence-electron chi connectivity index (χ3n) is 4.84. The van der Waals surface area contributed by atoms with Gasteiger partial charge in [0.05, 0.1) is 5.92 Å². The van der Waals surface area contributed by atoms with Gasteiger partial charge >= 0.3 is 0 Å². The number of likely N-dealkylation sites (tertiary alicyclic amines) is 1. The molecule has 1 aliphatic heterocycles. The number of carbonyl (C=O) groups excluding carboxylic acids is 2. The predicted molar refractivity (Wildman–Crippen MR) is 106 cm³/mol. The number of hydrogen-bond acceptors (Lipinski definition) is 4. The Morgan fingerprint density at radius 1 is 1.43 bits per heavy atom. The van der Waals surface area contributed by atoms with Gasteiger partial charge in [0.15, 0.2) is 5.16 Å². The number of aromatic nitrogens is 2. The van der Waals surface area contributed by atoms with Gasteiger partial charge in [-0.05, 0) is 30.5 Å². The van der Waals surface area contributed by atoms with Crippen LogP contribution in [0.2, 0.25) is 0 Å². The van der Waals surface area contributed by atoms with Crippen LogP contribution in [0.4, 0.5) is 4.39 Å². The Labute approximate surface area is 168 Å². The van der Waals surface area contributed by atoms with E-state index in [1.807, 2.05) is 23.9 Å². The number of thioether (sulfide) groups is 1. The van der Waals surface area contributed by atoms with Gasteiger partial charge in [0, 0.05) is 51.2 Å². The van der Waals surface area contributed by atoms with Crippen molar-refractivity contribution in [3.8, 4) is 0 Å². The number of carbonyl (C=O) groups is 2. The quantitative estimate of drug-likeness (QED) is 0.541. The number of hydrogen-bond donors (Lipinski definition) is 1. The first-order valence-corrected chi connectivity index (χ1v) is 10.4. The van der Waals surface area contributed by atoms with E-state index in [9.17, 15) is 14.0 Å². The first-order valence-electron chi connectivity index (χ1n) is 9.43. The molecule has 1 fully saturated rings. The third kappa shape index (κ3) is 5.58. The molecule has 1 saturated heterocycles. The molecule has 0 radical (unpaired) electrons. The molecule has 1 aliphatic rings. The molecule has 1 aromatic heterocycles. The molecule has 0 bridgehead atoms. The zero-order valence-electron chi connectivity index (χ0n) is 15.9. The van der Waals surface area contributed by atoms with Crippen molar-refractivity contribution in [2.24, 2.45) is 13.0 Å². The Morgan fingerprint density at radius 3 is 3.04 bits per heavy atom. The molecule has 2 heterocycles. The number of nitrogens with zero attached hydrogens (tertiary/aromatic N) is 3. The maximum atomic E-state index is 13.3. The van der Waals surface area contributed by atoms with E-state index in [4.69, 9.17) is 0 Å². The number of rotatable bonds is 8. The van der Waals surface area contributed by atoms with Crippen molar-refractivity contribution in [1.29, 1.82) is 0 Å². The van der Waals surface area contributed by atoms with Crippen LogP contribution < -0.4 is 5.32 Å². The van der Waals surface area contributed by atoms with Crippen molar-refractivity contribution in [2.45, 2.75) is 24.4 Å². The van der Waals surface area contributed by atoms with E-state index < -0.39 is 0 Å². The summed E-state index contributed by atoms with van der Waals surface area (Å²) < 4.78 is 15.2. The zero-order valence-corrected chi connectivity index (χ0v) is 16.8. The lowest BCUT2D eigenvalue weighted by molar-refractivity contribution is -0.138. The van der Waals surface area contributed by atoms with Crippen LogP contribution >= 0.6 is 11.8 Å². The van der Waals surface area contributed by atoms with E-state index in [-0.39, 0.29) is 23.5 Å². The summed E-state index contributed by atoms with van der Waals surface area (Å²) in [6.45, 7) is 1.48. The molecule has 3 rings (SSSR count). The number of halogens is 1. The Hall–Kier alpha value is -2.35. The van der Waals surface area contributed by atoms with Crippen LogP contribution in [0.5, 0.6) is 0 Å². The molecule has 6 nitrogen and oxygen atoms in total. The summed E-state index contributed by atoms with van der Waals surface area (Å²) in [5.41, 5.74) is 0.852. The molecule has 28 heavy (non-hydrogen) atoms. The van der Waals surface area contributed by atoms with Crippen LogP contribution in [0.15, 0.2) is 41.8 Å². The van der Waals surface area contributed by atoms with Crippen molar-refractivity contribution < 1.29 is 14.0 Å². The second-order valence-corrected chi connectivity index (χ2v) is 7.98. The Bertz CT molecular complexity index is 826. The van der Waals surface area contributed by atoms with Crippen LogP contribution in [0.1, 0.15) is 18.4 Å². The highest BCUT2D eigenvalue weighted by Gasteiger charge is 2.29. The van der Waals surface area contributed by atoms with E-state index in [2.05, 4.69) is 10.3 Å². The van der Waals surface area contributed by atoms with Crippen LogP contribution in [-0.4, -0.2) is 51.7 Å². The van der Waals surface area contributed by atoms with Crippen molar-refractivity contribution in [1.82, 2.24) is 19.8 Å². The van der Waals surface area contributed by atoms with Crippen molar-refractivity contribution in [3.05, 3.63) is 48.0 Å². The Balaban J connectivity index is 1.43. The van der Waals surface area contributed by atoms with Crippen molar-refractivity contribution in [3.63, 3.8) is 0 Å². The molecule has 0 aliphatic carbocycles. The van der Waals surface area contributed by atoms with Crippen LogP contribution in [0.25, 0.3) is 0 Å². The second-order valence-electron chi connectivity index (χ2n) is 6.92. The topological polar surface area (TPSA) is 67.2 Å². The normalized spacial score (nSPS) is 17.0. The number of benzene rings is 1. The molecule has 2 amide bonds. The fourth-order valence-electron chi connectivity index (χ4n) is 3.25. The number of piperidine rings is 1. The molecule has 0 spiro atoms. The fourth-order valence-corrected chi connectivity index (χ4v) is 4.04. The molecule has 1 atom stereocenters. The maximum Gasteiger partial charge on any atom is 0.224 e. The summed E-state index contributed by atoms with van der Waals surface area (Å²) in [6, 6.07) is 6.41. The summed E-state index contributed by atoms with van der Waals surface area (Å²) in [4.78, 5) is 30.6. The lowest BCUT2D eigenvalue weighted by Crippen LogP contribution is -2.46. The molecule has 0 unspecified atom stereocenters. The van der Waals surface area contributed by atoms with Gasteiger partial charge in [-0.2, -0.15) is 0 Å². The summed E-state index contributed by atoms with van der Waals surface area (Å²) in [5.74, 6) is 0.326. The summed E-state index contributed by atoms with van der Waals surface area (Å²) in [5, 5.41) is 3.88. The lowest BCUT2D eigenvalue weighted by atomic mass is 9.96. The van der Waals surface area contributed by atoms with Gasteiger partial charge in [-0.3, -0.25) is 9.59 Å². The second kappa shape index (κ2) is 9.73. The van der Waals surface area contributed by atoms with Crippen LogP contribution in [-0.2, 0) is 23.1 Å². The SMILES string of the molecule is Cn1ccnc1SCCNC(=O)[C@@H]1CCC(=O)N(CCc2cccc(F)c2)C1. The molecule has 0 saturated carbocycles. The van der Waals surface area contributed by atoms with Crippen LogP contribution in [0, 0.1) is 11.7 Å². The lowest BCUT2D eigenvalue weighted by Gasteiger charge is -2.32. The Kier molecular flexibility index (Phi) is 7.08. The minimum atomic E-state index is -0.275. The number of nitrogens with one attached hydrogen (secondary N) is 1. The molecule has 8 heteroatoms. The van der Waals surface area contributed by atoms with Gasteiger partial charge in [-0.15, -0.1) is 0 Å². The molecule has 150 valence electrons. The van der Waals surface area contributed by atoms with Crippen LogP contribution in [0.3, 0.4) is 0 Å². The third-order valence-corrected chi connectivity index (χ3v) is 5.90. The zero-order chi connectivity index (χ0) is 19.9. The summed E-state index contributed by atoms with van der Waals surface area (Å²) >= 11 is 1.59. The minimum Gasteiger partial charge on any atom is -0.355 e. The average Bonchev–Trinajstić information content (AvgIpc) is 3.09. The monoisotopic (exact) mass is 404 g/mol. The number of amides is 2. The van der Waals surface area contributed by atoms with Crippen molar-refractivity contribution in [2.75, 3.05) is 25.4 Å². The van der Waals surface area contributed by atoms with Crippen molar-refractivity contribution >= 4 is 23.6 Å². The van der Waals surface area contributed by atoms with E-state index in [1.165, 1.54) is 12.1 Å². The van der Waals surface area contributed by atoms with E-state index in [1.54, 1.807) is 28.9 Å². The highest BCUT2D eigenvalue weighted by Crippen LogP contribution is 2.19. The van der Waals surface area contributed by atoms with Gasteiger partial charge in [0.2, 0.25) is 11.8 Å². The van der Waals surface area contributed by atoms with Gasteiger partial charge in [-0.1, -0.05) is 23.9 Å². The van der Waals surface area contributed by atoms with E-state index >= 15 is 0 Å². The Morgan fingerprint density at radius 2 is 2.29 bits per heavy atom. The molecular formula is C20H25FN4O2S. The number of imidazole rings is 1. The summed E-state index contributed by atoms with van der Waals surface area (Å²) in [6.07, 6.45) is 5.17. The predicted octanol–water partition coefficient (Wildman–Crippen LogP) is 2.25. The molecule has 2 aromatic rings. The smallest absolute Gasteiger partial charge is 0.224 e. The largest absolute Gasteiger partial charge is 0.355 e. The number of aryl methyl sites for hydroxylation is 1. The minimum absolute atomic E-state index is 0.0105. The molecule has 1 aromatic carbocycles. The van der Waals surface area contributed by atoms with Gasteiger partial charge in [0.1, 0.15) is 5.82 Å². The maximum absolute atomic E-state index is 13.3. The fraction of sp³-hybridized carbons (Fsp3) is 0.450. The molecular weight excluding hydrogens is 379 g/mol. The standard InChI is InChI=1S/C20H25FN4O2S/c1-24-11-8-23-20(24)28-12-9-22-19(27)16-5-6-18(26)25(14-16)10-7-15-3-2-4-17(21)13-15/h2-4,8,11,13,16H,5-7,9-10,12,14H2,1H3,(H,22,27)/t16-/m1/s1. The highest BCUT2D eigenvalue weighted by atomic mass is 32.2. The van der Waals surface area contributed by atoms with Gasteiger partial charge in [0.25, 0.3) is 0 Å². The highest BCUT2D eigenvalue weighted by molar-refractivity contribution is 7.99. The summed E-state index contributed by atoms with van der Waals surface area (Å²) in [7, 11) is 1.94. The van der Waals surface area contributed by atoms with E-state index in [0.29, 0.717) is 38.9 Å². The van der Waals surface area contributed by atoms with E-state index in [0.717, 1.165) is 16.5 Å².